The Morgan fingerprint density at radius 1 is 1.46 bits per heavy atom. The highest BCUT2D eigenvalue weighted by molar-refractivity contribution is 6.27. The number of carbonyl (C=O) groups excluding carboxylic acids is 2. The third-order valence-electron chi connectivity index (χ3n) is 4.26. The lowest BCUT2D eigenvalue weighted by Crippen LogP contribution is -2.52. The summed E-state index contributed by atoms with van der Waals surface area (Å²) in [6.07, 6.45) is 3.53. The van der Waals surface area contributed by atoms with Crippen LogP contribution in [0.15, 0.2) is 22.8 Å². The molecule has 0 radical (unpaired) electrons. The summed E-state index contributed by atoms with van der Waals surface area (Å²) in [6.45, 7) is 9.62. The third-order valence-corrected chi connectivity index (χ3v) is 4.26. The Bertz CT molecular complexity index is 549. The molecule has 6 heteroatoms. The number of hydrogen-bond donors (Lipinski definition) is 0. The topological polar surface area (TPSA) is 77.3 Å². The predicted molar refractivity (Wildman–Crippen MR) is 94.3 cm³/mol. The largest absolute Gasteiger partial charge is 0.468 e. The Labute approximate surface area is 144 Å². The summed E-state index contributed by atoms with van der Waals surface area (Å²) in [5, 5.41) is 4.13. The highest BCUT2D eigenvalue weighted by atomic mass is 16.6. The van der Waals surface area contributed by atoms with Crippen LogP contribution in [0, 0.1) is 17.3 Å². The van der Waals surface area contributed by atoms with Gasteiger partial charge in [0.25, 0.3) is 0 Å². The fraction of sp³-hybridized carbons (Fsp3) is 0.667. The van der Waals surface area contributed by atoms with Crippen molar-refractivity contribution in [1.82, 2.24) is 0 Å². The zero-order valence-electron chi connectivity index (χ0n) is 15.3. The number of esters is 1. The van der Waals surface area contributed by atoms with Crippen LogP contribution < -0.4 is 0 Å². The summed E-state index contributed by atoms with van der Waals surface area (Å²) in [5.74, 6) is -2.18. The quantitative estimate of drug-likeness (QED) is 0.179. The van der Waals surface area contributed by atoms with Crippen LogP contribution in [0.3, 0.4) is 0 Å². The van der Waals surface area contributed by atoms with Crippen molar-refractivity contribution < 1.29 is 19.2 Å². The Kier molecular flexibility index (Phi) is 7.32. The number of carbonyl (C=O) groups is 2. The molecule has 1 saturated carbocycles. The van der Waals surface area contributed by atoms with Gasteiger partial charge in [0.15, 0.2) is 5.78 Å². The molecule has 0 N–H and O–H groups in total. The molecule has 2 atom stereocenters. The van der Waals surface area contributed by atoms with Crippen molar-refractivity contribution in [3.05, 3.63) is 12.7 Å². The molecule has 0 aromatic carbocycles. The van der Waals surface area contributed by atoms with Gasteiger partial charge in [-0.1, -0.05) is 45.0 Å². The van der Waals surface area contributed by atoms with Crippen LogP contribution in [0.25, 0.3) is 0 Å². The van der Waals surface area contributed by atoms with Gasteiger partial charge in [-0.15, -0.1) is 0 Å². The van der Waals surface area contributed by atoms with Crippen molar-refractivity contribution in [2.24, 2.45) is 27.4 Å². The SMILES string of the molecule is C=CCO/N=C(/CCC)[C@H]1C(=O)[C@@H](C(=O)OC)C(C)(C)CC1=NC. The number of ketones is 1. The lowest BCUT2D eigenvalue weighted by molar-refractivity contribution is -0.155. The van der Waals surface area contributed by atoms with Crippen molar-refractivity contribution in [3.8, 4) is 0 Å². The van der Waals surface area contributed by atoms with Crippen LogP contribution in [0.5, 0.6) is 0 Å². The summed E-state index contributed by atoms with van der Waals surface area (Å²) < 4.78 is 4.87. The van der Waals surface area contributed by atoms with Gasteiger partial charge in [0.05, 0.1) is 18.7 Å². The monoisotopic (exact) mass is 336 g/mol. The molecule has 1 fully saturated rings. The highest BCUT2D eigenvalue weighted by Crippen LogP contribution is 2.41. The summed E-state index contributed by atoms with van der Waals surface area (Å²) in [4.78, 5) is 34.9. The van der Waals surface area contributed by atoms with E-state index >= 15 is 0 Å². The predicted octanol–water partition coefficient (Wildman–Crippen LogP) is 2.82. The van der Waals surface area contributed by atoms with Crippen LogP contribution in [0.2, 0.25) is 0 Å². The fourth-order valence-corrected chi connectivity index (χ4v) is 3.18. The molecular formula is C18H28N2O4. The second kappa shape index (κ2) is 8.76. The van der Waals surface area contributed by atoms with Gasteiger partial charge in [0.2, 0.25) is 0 Å². The second-order valence-corrected chi connectivity index (χ2v) is 6.59. The van der Waals surface area contributed by atoms with E-state index in [-0.39, 0.29) is 12.4 Å². The molecule has 0 amide bonds. The lowest BCUT2D eigenvalue weighted by atomic mass is 9.62. The molecule has 134 valence electrons. The van der Waals surface area contributed by atoms with Crippen LogP contribution in [0.4, 0.5) is 0 Å². The van der Waals surface area contributed by atoms with Gasteiger partial charge in [0, 0.05) is 12.8 Å². The van der Waals surface area contributed by atoms with Gasteiger partial charge in [0.1, 0.15) is 12.5 Å². The van der Waals surface area contributed by atoms with Gasteiger partial charge < -0.3 is 9.57 Å². The Morgan fingerprint density at radius 3 is 2.62 bits per heavy atom. The Morgan fingerprint density at radius 2 is 2.12 bits per heavy atom. The smallest absolute Gasteiger partial charge is 0.316 e. The van der Waals surface area contributed by atoms with Gasteiger partial charge in [-0.25, -0.2) is 0 Å². The van der Waals surface area contributed by atoms with Gasteiger partial charge in [-0.3, -0.25) is 14.6 Å². The van der Waals surface area contributed by atoms with Crippen molar-refractivity contribution in [1.29, 1.82) is 0 Å². The summed E-state index contributed by atoms with van der Waals surface area (Å²) in [5.41, 5.74) is 0.795. The molecule has 0 spiro atoms. The maximum absolute atomic E-state index is 13.1. The van der Waals surface area contributed by atoms with Gasteiger partial charge in [-0.2, -0.15) is 0 Å². The molecular weight excluding hydrogens is 308 g/mol. The van der Waals surface area contributed by atoms with Crippen LogP contribution >= 0.6 is 0 Å². The first-order valence-corrected chi connectivity index (χ1v) is 8.20. The number of methoxy groups -OCH3 is 1. The number of nitrogens with zero attached hydrogens (tertiary/aromatic N) is 2. The number of hydrogen-bond acceptors (Lipinski definition) is 6. The van der Waals surface area contributed by atoms with E-state index < -0.39 is 23.2 Å². The van der Waals surface area contributed by atoms with Crippen LogP contribution in [0.1, 0.15) is 40.0 Å². The summed E-state index contributed by atoms with van der Waals surface area (Å²) in [7, 11) is 2.97. The van der Waals surface area contributed by atoms with Crippen LogP contribution in [-0.4, -0.2) is 43.9 Å². The number of aliphatic imine (C=N–C) groups is 1. The zero-order chi connectivity index (χ0) is 18.3. The first kappa shape index (κ1) is 20.1. The average Bonchev–Trinajstić information content (AvgIpc) is 2.53. The molecule has 0 heterocycles. The number of Topliss-reactive ketones (excluding diaryl/α,β-unsaturated/α-hetero) is 1. The summed E-state index contributed by atoms with van der Waals surface area (Å²) in [6, 6.07) is 0. The fourth-order valence-electron chi connectivity index (χ4n) is 3.18. The Hall–Kier alpha value is -1.98. The zero-order valence-corrected chi connectivity index (χ0v) is 15.3. The van der Waals surface area contributed by atoms with E-state index in [0.29, 0.717) is 18.6 Å². The molecule has 0 unspecified atom stereocenters. The highest BCUT2D eigenvalue weighted by Gasteiger charge is 2.52. The third kappa shape index (κ3) is 4.30. The van der Waals surface area contributed by atoms with Crippen molar-refractivity contribution in [2.75, 3.05) is 20.8 Å². The van der Waals surface area contributed by atoms with Gasteiger partial charge in [-0.05, 0) is 18.3 Å². The molecule has 0 saturated heterocycles. The first-order valence-electron chi connectivity index (χ1n) is 8.20. The molecule has 0 aromatic rings. The summed E-state index contributed by atoms with van der Waals surface area (Å²) >= 11 is 0. The molecule has 1 rings (SSSR count). The standard InChI is InChI=1S/C18H28N2O4/c1-7-9-12(20-24-10-8-2)14-13(19-5)11-18(3,4)15(16(14)21)17(22)23-6/h8,14-15H,2,7,9-11H2,1,3-6H3/b19-13?,20-12-/t14-,15+/m1/s1. The van der Waals surface area contributed by atoms with E-state index in [1.54, 1.807) is 13.1 Å². The molecule has 24 heavy (non-hydrogen) atoms. The number of ether oxygens (including phenoxy) is 1. The minimum absolute atomic E-state index is 0.215. The molecule has 0 aliphatic heterocycles. The normalized spacial score (nSPS) is 25.5. The second-order valence-electron chi connectivity index (χ2n) is 6.59. The molecule has 1 aliphatic carbocycles. The van der Waals surface area contributed by atoms with E-state index in [0.717, 1.165) is 12.1 Å². The Balaban J connectivity index is 3.30. The average molecular weight is 336 g/mol. The van der Waals surface area contributed by atoms with E-state index in [1.165, 1.54) is 7.11 Å². The van der Waals surface area contributed by atoms with Crippen molar-refractivity contribution >= 4 is 23.2 Å². The molecule has 0 bridgehead atoms. The van der Waals surface area contributed by atoms with Crippen molar-refractivity contribution in [3.63, 3.8) is 0 Å². The van der Waals surface area contributed by atoms with E-state index in [4.69, 9.17) is 9.57 Å². The maximum atomic E-state index is 13.1. The van der Waals surface area contributed by atoms with Gasteiger partial charge >= 0.3 is 5.97 Å². The minimum Gasteiger partial charge on any atom is -0.468 e. The minimum atomic E-state index is -0.834. The molecule has 6 nitrogen and oxygen atoms in total. The van der Waals surface area contributed by atoms with E-state index in [2.05, 4.69) is 16.7 Å². The molecule has 1 aliphatic rings. The molecule has 0 aromatic heterocycles. The number of rotatable bonds is 7. The number of oxime groups is 1. The van der Waals surface area contributed by atoms with Crippen LogP contribution in [-0.2, 0) is 19.2 Å². The van der Waals surface area contributed by atoms with Crippen molar-refractivity contribution in [2.45, 2.75) is 40.0 Å². The van der Waals surface area contributed by atoms with E-state index in [1.807, 2.05) is 20.8 Å². The van der Waals surface area contributed by atoms with E-state index in [9.17, 15) is 9.59 Å². The first-order chi connectivity index (χ1) is 11.3. The lowest BCUT2D eigenvalue weighted by Gasteiger charge is -2.40. The maximum Gasteiger partial charge on any atom is 0.316 e.